The molecule has 0 aromatic carbocycles. The van der Waals surface area contributed by atoms with Crippen LogP contribution in [0.5, 0.6) is 0 Å². The fraction of sp³-hybridized carbons (Fsp3) is 0.810. The third-order valence-electron chi connectivity index (χ3n) is 5.76. The summed E-state index contributed by atoms with van der Waals surface area (Å²) in [5.41, 5.74) is 0. The molecule has 6 nitrogen and oxygen atoms in total. The molecule has 2 heterocycles. The highest BCUT2D eigenvalue weighted by atomic mass is 16.7. The molecule has 1 aliphatic carbocycles. The number of allylic oxidation sites excluding steroid dienone is 1. The largest absolute Gasteiger partial charge is 0.505 e. The molecule has 0 spiro atoms. The van der Waals surface area contributed by atoms with Gasteiger partial charge >= 0.3 is 0 Å². The van der Waals surface area contributed by atoms with Crippen molar-refractivity contribution in [3.05, 3.63) is 25.0 Å². The molecular formula is C21H35NO5. The Labute approximate surface area is 163 Å². The van der Waals surface area contributed by atoms with Crippen LogP contribution in [0.4, 0.5) is 0 Å². The van der Waals surface area contributed by atoms with Crippen LogP contribution in [0.1, 0.15) is 32.1 Å². The number of hydrogen-bond acceptors (Lipinski definition) is 6. The summed E-state index contributed by atoms with van der Waals surface area (Å²) in [7, 11) is 1.68. The van der Waals surface area contributed by atoms with Gasteiger partial charge in [0.25, 0.3) is 0 Å². The molecule has 0 radical (unpaired) electrons. The lowest BCUT2D eigenvalue weighted by Crippen LogP contribution is -2.51. The first kappa shape index (κ1) is 20.8. The normalized spacial score (nSPS) is 35.5. The van der Waals surface area contributed by atoms with Crippen molar-refractivity contribution in [2.24, 2.45) is 5.92 Å². The van der Waals surface area contributed by atoms with Crippen molar-refractivity contribution < 1.29 is 23.7 Å². The van der Waals surface area contributed by atoms with Crippen LogP contribution in [-0.4, -0.2) is 76.1 Å². The fourth-order valence-electron chi connectivity index (χ4n) is 4.55. The molecule has 27 heavy (non-hydrogen) atoms. The zero-order valence-corrected chi connectivity index (χ0v) is 16.6. The van der Waals surface area contributed by atoms with Crippen molar-refractivity contribution in [1.29, 1.82) is 0 Å². The van der Waals surface area contributed by atoms with Crippen molar-refractivity contribution in [1.82, 2.24) is 4.90 Å². The number of methoxy groups -OCH3 is 1. The number of morpholine rings is 1. The Morgan fingerprint density at radius 3 is 2.70 bits per heavy atom. The Morgan fingerprint density at radius 2 is 2.00 bits per heavy atom. The van der Waals surface area contributed by atoms with Gasteiger partial charge < -0.3 is 23.7 Å². The minimum absolute atomic E-state index is 0.0828. The van der Waals surface area contributed by atoms with Crippen LogP contribution in [0.25, 0.3) is 0 Å². The maximum absolute atomic E-state index is 6.50. The number of rotatable bonds is 9. The molecule has 0 aromatic rings. The second-order valence-corrected chi connectivity index (χ2v) is 7.51. The Balaban J connectivity index is 1.74. The molecule has 3 rings (SSSR count). The van der Waals surface area contributed by atoms with E-state index in [0.29, 0.717) is 18.6 Å². The second-order valence-electron chi connectivity index (χ2n) is 7.51. The maximum atomic E-state index is 6.50. The van der Waals surface area contributed by atoms with Gasteiger partial charge in [-0.1, -0.05) is 6.08 Å². The highest BCUT2D eigenvalue weighted by Crippen LogP contribution is 2.39. The van der Waals surface area contributed by atoms with E-state index in [-0.39, 0.29) is 18.5 Å². The molecule has 5 unspecified atom stereocenters. The molecule has 3 fully saturated rings. The summed E-state index contributed by atoms with van der Waals surface area (Å²) in [5, 5.41) is 0. The standard InChI is InChI=1S/C21H35NO5/c1-3-11-25-18-16-19(27-20-8-4-5-13-26-20)21(17(18)7-6-12-23-2)22-9-14-24-15-10-22/h3,6,12,17-21H,1,4-5,7-11,13-16H2,2H3. The van der Waals surface area contributed by atoms with E-state index in [1.165, 1.54) is 6.42 Å². The predicted molar refractivity (Wildman–Crippen MR) is 103 cm³/mol. The van der Waals surface area contributed by atoms with E-state index < -0.39 is 0 Å². The first-order valence-electron chi connectivity index (χ1n) is 10.3. The van der Waals surface area contributed by atoms with Crippen molar-refractivity contribution in [3.8, 4) is 0 Å². The van der Waals surface area contributed by atoms with E-state index in [1.54, 1.807) is 13.4 Å². The average molecular weight is 382 g/mol. The minimum atomic E-state index is -0.0828. The van der Waals surface area contributed by atoms with Crippen LogP contribution < -0.4 is 0 Å². The lowest BCUT2D eigenvalue weighted by Gasteiger charge is -2.39. The first-order valence-corrected chi connectivity index (χ1v) is 10.3. The molecule has 1 saturated carbocycles. The monoisotopic (exact) mass is 381 g/mol. The smallest absolute Gasteiger partial charge is 0.158 e. The van der Waals surface area contributed by atoms with Gasteiger partial charge in [-0.3, -0.25) is 4.90 Å². The summed E-state index contributed by atoms with van der Waals surface area (Å²) >= 11 is 0. The molecule has 2 saturated heterocycles. The van der Waals surface area contributed by atoms with Crippen LogP contribution in [0.15, 0.2) is 25.0 Å². The number of hydrogen-bond donors (Lipinski definition) is 0. The Morgan fingerprint density at radius 1 is 1.15 bits per heavy atom. The lowest BCUT2D eigenvalue weighted by atomic mass is 9.95. The first-order chi connectivity index (χ1) is 13.3. The maximum Gasteiger partial charge on any atom is 0.158 e. The Kier molecular flexibility index (Phi) is 8.61. The Bertz CT molecular complexity index is 459. The topological polar surface area (TPSA) is 49.4 Å². The molecule has 0 bridgehead atoms. The van der Waals surface area contributed by atoms with E-state index >= 15 is 0 Å². The van der Waals surface area contributed by atoms with Gasteiger partial charge in [0.2, 0.25) is 0 Å². The van der Waals surface area contributed by atoms with Gasteiger partial charge in [0, 0.05) is 38.1 Å². The van der Waals surface area contributed by atoms with Crippen LogP contribution in [0, 0.1) is 5.92 Å². The highest BCUT2D eigenvalue weighted by molar-refractivity contribution is 5.02. The fourth-order valence-corrected chi connectivity index (χ4v) is 4.55. The summed E-state index contributed by atoms with van der Waals surface area (Å²) in [5.74, 6) is 0.350. The Hall–Kier alpha value is -0.920. The summed E-state index contributed by atoms with van der Waals surface area (Å²) in [6, 6.07) is 0.302. The molecule has 0 N–H and O–H groups in total. The van der Waals surface area contributed by atoms with Crippen LogP contribution >= 0.6 is 0 Å². The molecule has 5 atom stereocenters. The molecular weight excluding hydrogens is 346 g/mol. The van der Waals surface area contributed by atoms with E-state index in [2.05, 4.69) is 17.6 Å². The molecule has 2 aliphatic heterocycles. The predicted octanol–water partition coefficient (Wildman–Crippen LogP) is 2.74. The highest BCUT2D eigenvalue weighted by Gasteiger charge is 2.47. The van der Waals surface area contributed by atoms with Gasteiger partial charge in [-0.15, -0.1) is 6.58 Å². The van der Waals surface area contributed by atoms with Crippen LogP contribution in [0.2, 0.25) is 0 Å². The summed E-state index contributed by atoms with van der Waals surface area (Å²) in [4.78, 5) is 2.53. The summed E-state index contributed by atoms with van der Waals surface area (Å²) < 4.78 is 29.2. The second kappa shape index (κ2) is 11.2. The average Bonchev–Trinajstić information content (AvgIpc) is 3.05. The van der Waals surface area contributed by atoms with Gasteiger partial charge in [0.1, 0.15) is 0 Å². The van der Waals surface area contributed by atoms with E-state index in [9.17, 15) is 0 Å². The lowest BCUT2D eigenvalue weighted by molar-refractivity contribution is -0.200. The third-order valence-corrected chi connectivity index (χ3v) is 5.76. The SMILES string of the molecule is C=CCOC1CC(OC2CCCCO2)C(N2CCOCC2)C1CC=COC. The van der Waals surface area contributed by atoms with E-state index in [4.69, 9.17) is 23.7 Å². The number of nitrogens with zero attached hydrogens (tertiary/aromatic N) is 1. The van der Waals surface area contributed by atoms with Gasteiger partial charge in [0.15, 0.2) is 6.29 Å². The number of ether oxygens (including phenoxy) is 5. The van der Waals surface area contributed by atoms with Gasteiger partial charge in [-0.25, -0.2) is 0 Å². The molecule has 0 aromatic heterocycles. The molecule has 6 heteroatoms. The van der Waals surface area contributed by atoms with Crippen LogP contribution in [0.3, 0.4) is 0 Å². The van der Waals surface area contributed by atoms with Crippen molar-refractivity contribution in [3.63, 3.8) is 0 Å². The molecule has 0 amide bonds. The zero-order valence-electron chi connectivity index (χ0n) is 16.6. The van der Waals surface area contributed by atoms with Crippen molar-refractivity contribution in [2.45, 2.75) is 56.6 Å². The third kappa shape index (κ3) is 5.78. The van der Waals surface area contributed by atoms with E-state index in [1.807, 2.05) is 6.08 Å². The van der Waals surface area contributed by atoms with E-state index in [0.717, 1.165) is 58.6 Å². The van der Waals surface area contributed by atoms with Crippen LogP contribution in [-0.2, 0) is 23.7 Å². The molecule has 3 aliphatic rings. The quantitative estimate of drug-likeness (QED) is 0.452. The minimum Gasteiger partial charge on any atom is -0.505 e. The van der Waals surface area contributed by atoms with Crippen molar-refractivity contribution >= 4 is 0 Å². The van der Waals surface area contributed by atoms with Gasteiger partial charge in [-0.2, -0.15) is 0 Å². The zero-order chi connectivity index (χ0) is 18.9. The molecule has 154 valence electrons. The van der Waals surface area contributed by atoms with Gasteiger partial charge in [-0.05, 0) is 31.8 Å². The van der Waals surface area contributed by atoms with Gasteiger partial charge in [0.05, 0.1) is 45.4 Å². The summed E-state index contributed by atoms with van der Waals surface area (Å²) in [6.07, 6.45) is 10.9. The van der Waals surface area contributed by atoms with Crippen molar-refractivity contribution in [2.75, 3.05) is 46.6 Å². The summed E-state index contributed by atoms with van der Waals surface area (Å²) in [6.45, 7) is 8.61.